The normalized spacial score (nSPS) is 10.2. The van der Waals surface area contributed by atoms with Crippen LogP contribution in [0.5, 0.6) is 5.75 Å². The number of halogens is 1. The Morgan fingerprint density at radius 2 is 1.77 bits per heavy atom. The minimum absolute atomic E-state index is 0.00569. The third-order valence-corrected chi connectivity index (χ3v) is 4.01. The zero-order valence-electron chi connectivity index (χ0n) is 16.1. The van der Waals surface area contributed by atoms with Gasteiger partial charge in [-0.25, -0.2) is 4.39 Å². The summed E-state index contributed by atoms with van der Waals surface area (Å²) in [4.78, 5) is 46.0. The lowest BCUT2D eigenvalue weighted by atomic mass is 10.1. The Bertz CT molecular complexity index is 945. The summed E-state index contributed by atoms with van der Waals surface area (Å²) in [6, 6.07) is 8.78. The SMILES string of the molecule is COc1ccc(C(=O)NCC(=O)OCCCC(=O)c2ccc(F)cc2)cc1[N+](=O)[O-]. The fraction of sp³-hybridized carbons (Fsp3) is 0.250. The van der Waals surface area contributed by atoms with Gasteiger partial charge in [-0.1, -0.05) is 0 Å². The summed E-state index contributed by atoms with van der Waals surface area (Å²) in [6.07, 6.45) is 0.376. The molecule has 0 saturated carbocycles. The standard InChI is InChI=1S/C20H19FN2O7/c1-29-18-9-6-14(11-16(18)23(27)28)20(26)22-12-19(25)30-10-2-3-17(24)13-4-7-15(21)8-5-13/h4-9,11H,2-3,10,12H2,1H3,(H,22,26). The van der Waals surface area contributed by atoms with E-state index in [-0.39, 0.29) is 42.2 Å². The topological polar surface area (TPSA) is 125 Å². The number of nitro groups is 1. The molecule has 0 heterocycles. The number of benzene rings is 2. The van der Waals surface area contributed by atoms with Crippen LogP contribution in [0.25, 0.3) is 0 Å². The van der Waals surface area contributed by atoms with Gasteiger partial charge in [0.05, 0.1) is 18.6 Å². The quantitative estimate of drug-likeness (QED) is 0.207. The molecule has 0 radical (unpaired) electrons. The largest absolute Gasteiger partial charge is 0.490 e. The Hall–Kier alpha value is -3.82. The molecule has 2 aromatic rings. The molecule has 0 unspecified atom stereocenters. The van der Waals surface area contributed by atoms with Crippen molar-refractivity contribution < 1.29 is 33.2 Å². The number of Topliss-reactive ketones (excluding diaryl/α,β-unsaturated/α-hetero) is 1. The van der Waals surface area contributed by atoms with E-state index in [1.165, 1.54) is 43.5 Å². The first-order valence-corrected chi connectivity index (χ1v) is 8.87. The van der Waals surface area contributed by atoms with Crippen molar-refractivity contribution in [2.24, 2.45) is 0 Å². The molecule has 0 aliphatic rings. The summed E-state index contributed by atoms with van der Waals surface area (Å²) in [6.45, 7) is -0.472. The van der Waals surface area contributed by atoms with Crippen molar-refractivity contribution in [3.63, 3.8) is 0 Å². The molecular formula is C20H19FN2O7. The smallest absolute Gasteiger partial charge is 0.325 e. The van der Waals surface area contributed by atoms with Crippen LogP contribution in [0, 0.1) is 15.9 Å². The van der Waals surface area contributed by atoms with E-state index >= 15 is 0 Å². The molecule has 0 aliphatic heterocycles. The molecule has 0 fully saturated rings. The third-order valence-electron chi connectivity index (χ3n) is 4.01. The number of esters is 1. The van der Waals surface area contributed by atoms with Gasteiger partial charge in [0.2, 0.25) is 0 Å². The van der Waals surface area contributed by atoms with Gasteiger partial charge in [0.1, 0.15) is 12.4 Å². The average Bonchev–Trinajstić information content (AvgIpc) is 2.74. The molecule has 0 saturated heterocycles. The van der Waals surface area contributed by atoms with Crippen molar-refractivity contribution in [3.8, 4) is 5.75 Å². The van der Waals surface area contributed by atoms with Crippen LogP contribution >= 0.6 is 0 Å². The second-order valence-electron chi connectivity index (χ2n) is 6.08. The molecule has 2 aromatic carbocycles. The lowest BCUT2D eigenvalue weighted by molar-refractivity contribution is -0.385. The molecule has 0 aromatic heterocycles. The lowest BCUT2D eigenvalue weighted by Gasteiger charge is -2.07. The summed E-state index contributed by atoms with van der Waals surface area (Å²) < 4.78 is 22.6. The summed E-state index contributed by atoms with van der Waals surface area (Å²) in [7, 11) is 1.27. The van der Waals surface area contributed by atoms with Crippen LogP contribution in [-0.2, 0) is 9.53 Å². The van der Waals surface area contributed by atoms with E-state index in [9.17, 15) is 28.9 Å². The van der Waals surface area contributed by atoms with Crippen LogP contribution in [0.2, 0.25) is 0 Å². The van der Waals surface area contributed by atoms with Crippen LogP contribution in [0.3, 0.4) is 0 Å². The maximum absolute atomic E-state index is 12.8. The van der Waals surface area contributed by atoms with Gasteiger partial charge in [0, 0.05) is 23.6 Å². The highest BCUT2D eigenvalue weighted by Gasteiger charge is 2.18. The minimum atomic E-state index is -0.722. The molecule has 9 nitrogen and oxygen atoms in total. The number of methoxy groups -OCH3 is 1. The van der Waals surface area contributed by atoms with Gasteiger partial charge < -0.3 is 14.8 Å². The molecule has 2 rings (SSSR count). The Labute approximate surface area is 170 Å². The summed E-state index contributed by atoms with van der Waals surface area (Å²) >= 11 is 0. The number of nitrogens with zero attached hydrogens (tertiary/aromatic N) is 1. The maximum atomic E-state index is 12.8. The molecule has 0 aliphatic carbocycles. The molecule has 1 amide bonds. The van der Waals surface area contributed by atoms with Gasteiger partial charge in [-0.2, -0.15) is 0 Å². The van der Waals surface area contributed by atoms with E-state index in [4.69, 9.17) is 9.47 Å². The molecule has 0 atom stereocenters. The van der Waals surface area contributed by atoms with Crippen LogP contribution in [0.1, 0.15) is 33.6 Å². The second-order valence-corrected chi connectivity index (χ2v) is 6.08. The molecule has 10 heteroatoms. The highest BCUT2D eigenvalue weighted by molar-refractivity contribution is 5.97. The van der Waals surface area contributed by atoms with Crippen molar-refractivity contribution in [3.05, 3.63) is 69.5 Å². The van der Waals surface area contributed by atoms with Crippen molar-refractivity contribution >= 4 is 23.3 Å². The van der Waals surface area contributed by atoms with E-state index in [1.807, 2.05) is 0 Å². The first-order chi connectivity index (χ1) is 14.3. The van der Waals surface area contributed by atoms with Gasteiger partial charge in [0.15, 0.2) is 11.5 Å². The first-order valence-electron chi connectivity index (χ1n) is 8.87. The van der Waals surface area contributed by atoms with Gasteiger partial charge in [-0.05, 0) is 42.8 Å². The number of carbonyl (C=O) groups excluding carboxylic acids is 3. The van der Waals surface area contributed by atoms with Gasteiger partial charge in [0.25, 0.3) is 5.91 Å². The molecule has 1 N–H and O–H groups in total. The number of ketones is 1. The molecule has 158 valence electrons. The zero-order valence-corrected chi connectivity index (χ0v) is 16.1. The summed E-state index contributed by atoms with van der Waals surface area (Å²) in [5, 5.41) is 13.3. The van der Waals surface area contributed by atoms with Gasteiger partial charge in [-0.15, -0.1) is 0 Å². The Morgan fingerprint density at radius 1 is 1.10 bits per heavy atom. The Morgan fingerprint density at radius 3 is 2.40 bits per heavy atom. The van der Waals surface area contributed by atoms with Crippen molar-refractivity contribution in [1.82, 2.24) is 5.32 Å². The van der Waals surface area contributed by atoms with E-state index in [2.05, 4.69) is 5.32 Å². The fourth-order valence-electron chi connectivity index (χ4n) is 2.48. The van der Waals surface area contributed by atoms with E-state index in [0.29, 0.717) is 5.56 Å². The number of nitrogens with one attached hydrogen (secondary N) is 1. The van der Waals surface area contributed by atoms with E-state index in [0.717, 1.165) is 6.07 Å². The lowest BCUT2D eigenvalue weighted by Crippen LogP contribution is -2.30. The van der Waals surface area contributed by atoms with Gasteiger partial charge >= 0.3 is 11.7 Å². The third kappa shape index (κ3) is 6.36. The molecular weight excluding hydrogens is 399 g/mol. The van der Waals surface area contributed by atoms with E-state index < -0.39 is 29.2 Å². The number of amides is 1. The number of rotatable bonds is 10. The minimum Gasteiger partial charge on any atom is -0.490 e. The average molecular weight is 418 g/mol. The van der Waals surface area contributed by atoms with Gasteiger partial charge in [-0.3, -0.25) is 24.5 Å². The number of ether oxygens (including phenoxy) is 2. The Kier molecular flexibility index (Phi) is 7.98. The Balaban J connectivity index is 1.74. The second kappa shape index (κ2) is 10.6. The summed E-state index contributed by atoms with van der Waals surface area (Å²) in [5.74, 6) is -2.05. The fourth-order valence-corrected chi connectivity index (χ4v) is 2.48. The highest BCUT2D eigenvalue weighted by atomic mass is 19.1. The van der Waals surface area contributed by atoms with Crippen molar-refractivity contribution in [2.75, 3.05) is 20.3 Å². The highest BCUT2D eigenvalue weighted by Crippen LogP contribution is 2.27. The summed E-state index contributed by atoms with van der Waals surface area (Å²) in [5.41, 5.74) is -0.0256. The predicted octanol–water partition coefficient (Wildman–Crippen LogP) is 2.68. The van der Waals surface area contributed by atoms with Crippen molar-refractivity contribution in [1.29, 1.82) is 0 Å². The molecule has 0 spiro atoms. The molecule has 0 bridgehead atoms. The zero-order chi connectivity index (χ0) is 22.1. The number of hydrogen-bond donors (Lipinski definition) is 1. The van der Waals surface area contributed by atoms with Crippen LogP contribution in [0.4, 0.5) is 10.1 Å². The van der Waals surface area contributed by atoms with Crippen molar-refractivity contribution in [2.45, 2.75) is 12.8 Å². The van der Waals surface area contributed by atoms with Crippen LogP contribution < -0.4 is 10.1 Å². The number of carbonyl (C=O) groups is 3. The van der Waals surface area contributed by atoms with Crippen LogP contribution in [0.15, 0.2) is 42.5 Å². The number of hydrogen-bond acceptors (Lipinski definition) is 7. The van der Waals surface area contributed by atoms with Crippen LogP contribution in [-0.4, -0.2) is 42.8 Å². The van der Waals surface area contributed by atoms with E-state index in [1.54, 1.807) is 0 Å². The maximum Gasteiger partial charge on any atom is 0.325 e. The first kappa shape index (κ1) is 22.5. The monoisotopic (exact) mass is 418 g/mol. The molecule has 30 heavy (non-hydrogen) atoms. The number of nitro benzene ring substituents is 1. The predicted molar refractivity (Wildman–Crippen MR) is 103 cm³/mol.